The second kappa shape index (κ2) is 3.85. The van der Waals surface area contributed by atoms with Gasteiger partial charge in [0.15, 0.2) is 10.8 Å². The van der Waals surface area contributed by atoms with Crippen LogP contribution in [0.5, 0.6) is 0 Å². The smallest absolute Gasteiger partial charge is 0.312 e. The average molecular weight is 188 g/mol. The zero-order chi connectivity index (χ0) is 9.19. The third kappa shape index (κ3) is 2.53. The lowest BCUT2D eigenvalue weighted by molar-refractivity contribution is 0.532. The van der Waals surface area contributed by atoms with Gasteiger partial charge in [0.2, 0.25) is 0 Å². The van der Waals surface area contributed by atoms with E-state index in [1.165, 1.54) is 12.8 Å². The van der Waals surface area contributed by atoms with Crippen LogP contribution in [0.1, 0.15) is 33.6 Å². The zero-order valence-electron chi connectivity index (χ0n) is 8.26. The van der Waals surface area contributed by atoms with E-state index >= 15 is 0 Å². The standard InChI is InChI=1S/C9H19NOP/c1-4-10-7-9(2,3)12(11)8-5-6-8/h8,10H,4-7H2,1-3H3/q+1. The molecule has 1 saturated carbocycles. The SMILES string of the molecule is CCNCC(C)(C)[P+](=O)C1CC1. The fourth-order valence-electron chi connectivity index (χ4n) is 1.31. The first kappa shape index (κ1) is 10.1. The van der Waals surface area contributed by atoms with Crippen LogP contribution in [0.2, 0.25) is 0 Å². The monoisotopic (exact) mass is 188 g/mol. The second-order valence-corrected chi connectivity index (χ2v) is 6.74. The van der Waals surface area contributed by atoms with Crippen LogP contribution in [-0.4, -0.2) is 23.9 Å². The first-order valence-electron chi connectivity index (χ1n) is 4.75. The van der Waals surface area contributed by atoms with Crippen molar-refractivity contribution >= 4 is 7.80 Å². The fourth-order valence-corrected chi connectivity index (χ4v) is 3.19. The lowest BCUT2D eigenvalue weighted by Crippen LogP contribution is -2.32. The molecule has 1 N–H and O–H groups in total. The normalized spacial score (nSPS) is 19.4. The predicted molar refractivity (Wildman–Crippen MR) is 53.3 cm³/mol. The molecule has 0 radical (unpaired) electrons. The van der Waals surface area contributed by atoms with E-state index in [-0.39, 0.29) is 5.16 Å². The molecule has 1 aliphatic rings. The van der Waals surface area contributed by atoms with Crippen molar-refractivity contribution < 1.29 is 4.57 Å². The molecule has 1 aliphatic carbocycles. The molecule has 0 spiro atoms. The van der Waals surface area contributed by atoms with Crippen LogP contribution < -0.4 is 5.32 Å². The summed E-state index contributed by atoms with van der Waals surface area (Å²) in [7, 11) is -0.996. The van der Waals surface area contributed by atoms with Gasteiger partial charge in [-0.05, 0) is 33.2 Å². The highest BCUT2D eigenvalue weighted by molar-refractivity contribution is 7.47. The highest BCUT2D eigenvalue weighted by Gasteiger charge is 2.50. The van der Waals surface area contributed by atoms with E-state index in [1.807, 2.05) is 0 Å². The Bertz CT molecular complexity index is 175. The lowest BCUT2D eigenvalue weighted by atomic mass is 10.2. The van der Waals surface area contributed by atoms with Crippen molar-refractivity contribution in [2.45, 2.75) is 44.4 Å². The summed E-state index contributed by atoms with van der Waals surface area (Å²) in [5.41, 5.74) is 0.536. The van der Waals surface area contributed by atoms with Crippen molar-refractivity contribution in [2.24, 2.45) is 0 Å². The van der Waals surface area contributed by atoms with Crippen molar-refractivity contribution in [3.63, 3.8) is 0 Å². The number of hydrogen-bond donors (Lipinski definition) is 1. The van der Waals surface area contributed by atoms with Crippen LogP contribution in [-0.2, 0) is 4.57 Å². The molecule has 0 aliphatic heterocycles. The Labute approximate surface area is 75.9 Å². The fraction of sp³-hybridized carbons (Fsp3) is 1.00. The molecule has 3 heteroatoms. The highest BCUT2D eigenvalue weighted by Crippen LogP contribution is 2.53. The molecule has 0 bridgehead atoms. The minimum atomic E-state index is -0.996. The maximum absolute atomic E-state index is 11.8. The summed E-state index contributed by atoms with van der Waals surface area (Å²) in [5, 5.41) is 3.26. The first-order valence-corrected chi connectivity index (χ1v) is 6.08. The summed E-state index contributed by atoms with van der Waals surface area (Å²) >= 11 is 0. The van der Waals surface area contributed by atoms with Crippen LogP contribution in [0.25, 0.3) is 0 Å². The zero-order valence-corrected chi connectivity index (χ0v) is 9.16. The molecule has 2 nitrogen and oxygen atoms in total. The summed E-state index contributed by atoms with van der Waals surface area (Å²) in [5.74, 6) is 0. The van der Waals surface area contributed by atoms with E-state index in [1.54, 1.807) is 0 Å². The van der Waals surface area contributed by atoms with Gasteiger partial charge in [0.1, 0.15) is 0 Å². The summed E-state index contributed by atoms with van der Waals surface area (Å²) < 4.78 is 11.8. The summed E-state index contributed by atoms with van der Waals surface area (Å²) in [6, 6.07) is 0. The highest BCUT2D eigenvalue weighted by atomic mass is 31.1. The number of nitrogens with one attached hydrogen (secondary N) is 1. The van der Waals surface area contributed by atoms with Crippen molar-refractivity contribution in [3.8, 4) is 0 Å². The van der Waals surface area contributed by atoms with Crippen LogP contribution in [0, 0.1) is 0 Å². The van der Waals surface area contributed by atoms with Crippen LogP contribution in [0.4, 0.5) is 0 Å². The van der Waals surface area contributed by atoms with Gasteiger partial charge in [-0.25, -0.2) is 0 Å². The molecule has 1 rings (SSSR count). The summed E-state index contributed by atoms with van der Waals surface area (Å²) in [6.07, 6.45) is 2.37. The Kier molecular flexibility index (Phi) is 3.25. The van der Waals surface area contributed by atoms with E-state index in [0.29, 0.717) is 5.66 Å². The Hall–Kier alpha value is 0.0600. The van der Waals surface area contributed by atoms with Crippen LogP contribution in [0.15, 0.2) is 0 Å². The third-order valence-corrected chi connectivity index (χ3v) is 4.81. The minimum absolute atomic E-state index is 0.00743. The van der Waals surface area contributed by atoms with Gasteiger partial charge in [-0.3, -0.25) is 0 Å². The summed E-state index contributed by atoms with van der Waals surface area (Å²) in [6.45, 7) is 8.14. The quantitative estimate of drug-likeness (QED) is 0.671. The minimum Gasteiger partial charge on any atom is -0.312 e. The molecular weight excluding hydrogens is 169 g/mol. The third-order valence-electron chi connectivity index (χ3n) is 2.28. The van der Waals surface area contributed by atoms with Gasteiger partial charge in [0.25, 0.3) is 0 Å². The molecule has 0 aromatic rings. The predicted octanol–water partition coefficient (Wildman–Crippen LogP) is 2.36. The van der Waals surface area contributed by atoms with E-state index < -0.39 is 7.80 Å². The van der Waals surface area contributed by atoms with E-state index in [2.05, 4.69) is 26.1 Å². The Balaban J connectivity index is 2.39. The molecular formula is C9H19NOP+. The molecule has 0 heterocycles. The maximum Gasteiger partial charge on any atom is 0.348 e. The molecule has 12 heavy (non-hydrogen) atoms. The van der Waals surface area contributed by atoms with E-state index in [0.717, 1.165) is 13.1 Å². The molecule has 0 aromatic carbocycles. The van der Waals surface area contributed by atoms with Crippen LogP contribution >= 0.6 is 7.80 Å². The van der Waals surface area contributed by atoms with Gasteiger partial charge in [0, 0.05) is 6.54 Å². The van der Waals surface area contributed by atoms with E-state index in [4.69, 9.17) is 0 Å². The maximum atomic E-state index is 11.8. The lowest BCUT2D eigenvalue weighted by Gasteiger charge is -2.13. The number of rotatable bonds is 5. The van der Waals surface area contributed by atoms with Crippen LogP contribution in [0.3, 0.4) is 0 Å². The Morgan fingerprint density at radius 2 is 2.08 bits per heavy atom. The van der Waals surface area contributed by atoms with E-state index in [9.17, 15) is 4.57 Å². The first-order chi connectivity index (χ1) is 5.58. The van der Waals surface area contributed by atoms with Gasteiger partial charge < -0.3 is 5.32 Å². The second-order valence-electron chi connectivity index (χ2n) is 4.15. The van der Waals surface area contributed by atoms with Crippen molar-refractivity contribution in [2.75, 3.05) is 13.1 Å². The Morgan fingerprint density at radius 3 is 2.50 bits per heavy atom. The number of hydrogen-bond acceptors (Lipinski definition) is 2. The van der Waals surface area contributed by atoms with Gasteiger partial charge in [0.05, 0.1) is 0 Å². The molecule has 1 fully saturated rings. The topological polar surface area (TPSA) is 29.1 Å². The molecule has 0 saturated heterocycles. The molecule has 0 aromatic heterocycles. The van der Waals surface area contributed by atoms with Gasteiger partial charge in [-0.15, -0.1) is 0 Å². The molecule has 1 atom stereocenters. The summed E-state index contributed by atoms with van der Waals surface area (Å²) in [4.78, 5) is 0. The van der Waals surface area contributed by atoms with Gasteiger partial charge in [-0.2, -0.15) is 0 Å². The van der Waals surface area contributed by atoms with Crippen molar-refractivity contribution in [1.29, 1.82) is 0 Å². The van der Waals surface area contributed by atoms with Crippen molar-refractivity contribution in [3.05, 3.63) is 0 Å². The van der Waals surface area contributed by atoms with Gasteiger partial charge >= 0.3 is 7.80 Å². The average Bonchev–Trinajstić information content (AvgIpc) is 2.82. The largest absolute Gasteiger partial charge is 0.348 e. The molecule has 0 amide bonds. The van der Waals surface area contributed by atoms with Crippen molar-refractivity contribution in [1.82, 2.24) is 5.32 Å². The molecule has 1 unspecified atom stereocenters. The Morgan fingerprint density at radius 1 is 1.50 bits per heavy atom. The van der Waals surface area contributed by atoms with Gasteiger partial charge in [-0.1, -0.05) is 11.5 Å². The molecule has 70 valence electrons.